The number of halogens is 1. The van der Waals surface area contributed by atoms with Gasteiger partial charge in [0.15, 0.2) is 5.82 Å². The van der Waals surface area contributed by atoms with Gasteiger partial charge in [-0.15, -0.1) is 0 Å². The maximum absolute atomic E-state index is 13.2. The van der Waals surface area contributed by atoms with Crippen LogP contribution in [0.5, 0.6) is 0 Å². The van der Waals surface area contributed by atoms with Gasteiger partial charge in [0, 0.05) is 30.4 Å². The molecular formula is C21H22FN5O. The second-order valence-electron chi connectivity index (χ2n) is 7.28. The Balaban J connectivity index is 1.64. The highest BCUT2D eigenvalue weighted by Gasteiger charge is 2.32. The van der Waals surface area contributed by atoms with Crippen LogP contribution in [0.3, 0.4) is 0 Å². The number of hydrogen-bond acceptors (Lipinski definition) is 4. The molecule has 0 aliphatic carbocycles. The summed E-state index contributed by atoms with van der Waals surface area (Å²) in [5, 5.41) is 0. The Bertz CT molecular complexity index is 982. The van der Waals surface area contributed by atoms with E-state index in [1.165, 1.54) is 24.3 Å². The summed E-state index contributed by atoms with van der Waals surface area (Å²) < 4.78 is 15.1. The van der Waals surface area contributed by atoms with Crippen LogP contribution >= 0.6 is 0 Å². The highest BCUT2D eigenvalue weighted by molar-refractivity contribution is 5.94. The predicted molar refractivity (Wildman–Crippen MR) is 103 cm³/mol. The summed E-state index contributed by atoms with van der Waals surface area (Å²) in [5.41, 5.74) is 1.24. The normalized spacial score (nSPS) is 16.7. The number of carbonyl (C=O) groups is 1. The molecule has 0 saturated carbocycles. The van der Waals surface area contributed by atoms with Gasteiger partial charge >= 0.3 is 0 Å². The van der Waals surface area contributed by atoms with Gasteiger partial charge in [-0.2, -0.15) is 0 Å². The van der Waals surface area contributed by atoms with Crippen LogP contribution in [0.2, 0.25) is 0 Å². The Morgan fingerprint density at radius 3 is 2.75 bits per heavy atom. The number of benzene rings is 1. The summed E-state index contributed by atoms with van der Waals surface area (Å²) in [4.78, 5) is 28.3. The smallest absolute Gasteiger partial charge is 0.254 e. The number of aromatic nitrogens is 4. The van der Waals surface area contributed by atoms with Crippen molar-refractivity contribution in [2.75, 3.05) is 6.54 Å². The molecule has 144 valence electrons. The monoisotopic (exact) mass is 379 g/mol. The van der Waals surface area contributed by atoms with Gasteiger partial charge in [0.2, 0.25) is 0 Å². The van der Waals surface area contributed by atoms with Crippen molar-refractivity contribution in [3.63, 3.8) is 0 Å². The number of nitrogens with zero attached hydrogens (tertiary/aromatic N) is 5. The van der Waals surface area contributed by atoms with Gasteiger partial charge in [-0.3, -0.25) is 14.3 Å². The molecule has 1 fully saturated rings. The van der Waals surface area contributed by atoms with Crippen LogP contribution in [0.25, 0.3) is 5.82 Å². The Kier molecular flexibility index (Phi) is 4.90. The first-order valence-electron chi connectivity index (χ1n) is 9.46. The highest BCUT2D eigenvalue weighted by Crippen LogP contribution is 2.32. The van der Waals surface area contributed by atoms with E-state index in [9.17, 15) is 9.18 Å². The molecular weight excluding hydrogens is 357 g/mol. The average molecular weight is 379 g/mol. The fourth-order valence-corrected chi connectivity index (χ4v) is 3.66. The number of hydrogen-bond donors (Lipinski definition) is 0. The van der Waals surface area contributed by atoms with Gasteiger partial charge in [-0.1, -0.05) is 13.8 Å². The molecule has 2 aromatic heterocycles. The molecule has 1 saturated heterocycles. The van der Waals surface area contributed by atoms with E-state index in [-0.39, 0.29) is 23.7 Å². The van der Waals surface area contributed by atoms with Gasteiger partial charge in [0.05, 0.1) is 24.1 Å². The van der Waals surface area contributed by atoms with Gasteiger partial charge in [-0.25, -0.2) is 14.4 Å². The molecule has 1 aromatic carbocycles. The van der Waals surface area contributed by atoms with E-state index in [4.69, 9.17) is 4.98 Å². The third-order valence-electron chi connectivity index (χ3n) is 5.02. The third kappa shape index (κ3) is 3.40. The largest absolute Gasteiger partial charge is 0.330 e. The predicted octanol–water partition coefficient (Wildman–Crippen LogP) is 3.90. The molecule has 3 aromatic rings. The van der Waals surface area contributed by atoms with Crippen molar-refractivity contribution < 1.29 is 9.18 Å². The Hall–Kier alpha value is -3.09. The molecule has 0 bridgehead atoms. The molecule has 28 heavy (non-hydrogen) atoms. The van der Waals surface area contributed by atoms with Crippen LogP contribution < -0.4 is 0 Å². The van der Waals surface area contributed by atoms with Crippen molar-refractivity contribution in [2.24, 2.45) is 0 Å². The average Bonchev–Trinajstić information content (AvgIpc) is 3.38. The van der Waals surface area contributed by atoms with Crippen molar-refractivity contribution in [1.82, 2.24) is 24.4 Å². The summed E-state index contributed by atoms with van der Waals surface area (Å²) >= 11 is 0. The molecule has 0 radical (unpaired) electrons. The number of rotatable bonds is 4. The topological polar surface area (TPSA) is 63.9 Å². The first-order chi connectivity index (χ1) is 13.5. The van der Waals surface area contributed by atoms with Crippen LogP contribution in [0.15, 0.2) is 49.1 Å². The van der Waals surface area contributed by atoms with E-state index in [0.29, 0.717) is 17.9 Å². The van der Waals surface area contributed by atoms with Crippen molar-refractivity contribution in [3.05, 3.63) is 72.0 Å². The Morgan fingerprint density at radius 2 is 2.00 bits per heavy atom. The molecule has 1 aliphatic rings. The van der Waals surface area contributed by atoms with E-state index in [1.54, 1.807) is 23.5 Å². The zero-order chi connectivity index (χ0) is 19.7. The van der Waals surface area contributed by atoms with Crippen LogP contribution in [0.1, 0.15) is 60.5 Å². The van der Waals surface area contributed by atoms with E-state index in [1.807, 2.05) is 10.8 Å². The lowest BCUT2D eigenvalue weighted by atomic mass is 10.1. The molecule has 0 unspecified atom stereocenters. The molecule has 1 aliphatic heterocycles. The molecule has 1 atom stereocenters. The summed E-state index contributed by atoms with van der Waals surface area (Å²) in [6, 6.07) is 5.53. The van der Waals surface area contributed by atoms with Crippen molar-refractivity contribution in [2.45, 2.75) is 38.6 Å². The zero-order valence-electron chi connectivity index (χ0n) is 15.9. The summed E-state index contributed by atoms with van der Waals surface area (Å²) in [6.07, 6.45) is 8.77. The molecule has 0 spiro atoms. The van der Waals surface area contributed by atoms with Gasteiger partial charge in [-0.05, 0) is 37.1 Å². The van der Waals surface area contributed by atoms with Gasteiger partial charge in [0.1, 0.15) is 11.6 Å². The molecule has 1 amide bonds. The zero-order valence-corrected chi connectivity index (χ0v) is 15.9. The SMILES string of the molecule is CC(C)c1nccn1-c1cncc([C@@H]2CCCN2C(=O)c2ccc(F)cc2)n1. The maximum atomic E-state index is 13.2. The second-order valence-corrected chi connectivity index (χ2v) is 7.28. The molecule has 4 rings (SSSR count). The number of amides is 1. The Morgan fingerprint density at radius 1 is 1.21 bits per heavy atom. The fraction of sp³-hybridized carbons (Fsp3) is 0.333. The number of imidazole rings is 1. The molecule has 6 nitrogen and oxygen atoms in total. The van der Waals surface area contributed by atoms with Crippen LogP contribution in [-0.2, 0) is 0 Å². The minimum atomic E-state index is -0.352. The van der Waals surface area contributed by atoms with Gasteiger partial charge in [0.25, 0.3) is 5.91 Å². The lowest BCUT2D eigenvalue weighted by molar-refractivity contribution is 0.0732. The third-order valence-corrected chi connectivity index (χ3v) is 5.02. The van der Waals surface area contributed by atoms with Crippen LogP contribution in [0, 0.1) is 5.82 Å². The summed E-state index contributed by atoms with van der Waals surface area (Å²) in [5.74, 6) is 1.40. The van der Waals surface area contributed by atoms with E-state index in [2.05, 4.69) is 23.8 Å². The van der Waals surface area contributed by atoms with Crippen molar-refractivity contribution in [1.29, 1.82) is 0 Å². The van der Waals surface area contributed by atoms with Crippen LogP contribution in [-0.4, -0.2) is 36.9 Å². The lowest BCUT2D eigenvalue weighted by Gasteiger charge is -2.24. The molecule has 3 heterocycles. The molecule has 0 N–H and O–H groups in total. The minimum absolute atomic E-state index is 0.111. The standard InChI is InChI=1S/C21H22FN5O/c1-14(2)20-24-9-11-27(20)19-13-23-12-17(25-19)18-4-3-10-26(18)21(28)15-5-7-16(22)8-6-15/h5-9,11-14,18H,3-4,10H2,1-2H3/t18-/m0/s1. The fourth-order valence-electron chi connectivity index (χ4n) is 3.66. The maximum Gasteiger partial charge on any atom is 0.254 e. The quantitative estimate of drug-likeness (QED) is 0.690. The van der Waals surface area contributed by atoms with Gasteiger partial charge < -0.3 is 4.90 Å². The summed E-state index contributed by atoms with van der Waals surface area (Å²) in [7, 11) is 0. The minimum Gasteiger partial charge on any atom is -0.330 e. The second kappa shape index (κ2) is 7.50. The first-order valence-corrected chi connectivity index (χ1v) is 9.46. The highest BCUT2D eigenvalue weighted by atomic mass is 19.1. The van der Waals surface area contributed by atoms with E-state index in [0.717, 1.165) is 24.4 Å². The Labute approximate surface area is 163 Å². The van der Waals surface area contributed by atoms with E-state index >= 15 is 0 Å². The van der Waals surface area contributed by atoms with Crippen LogP contribution in [0.4, 0.5) is 4.39 Å². The van der Waals surface area contributed by atoms with Crippen molar-refractivity contribution >= 4 is 5.91 Å². The number of likely N-dealkylation sites (tertiary alicyclic amines) is 1. The summed E-state index contributed by atoms with van der Waals surface area (Å²) in [6.45, 7) is 4.81. The van der Waals surface area contributed by atoms with Crippen molar-refractivity contribution in [3.8, 4) is 5.82 Å². The molecule has 7 heteroatoms. The number of carbonyl (C=O) groups excluding carboxylic acids is 1. The lowest BCUT2D eigenvalue weighted by Crippen LogP contribution is -2.31. The first kappa shape index (κ1) is 18.3. The van der Waals surface area contributed by atoms with E-state index < -0.39 is 0 Å².